The molecule has 1 fully saturated rings. The van der Waals surface area contributed by atoms with Crippen LogP contribution in [0.4, 0.5) is 0 Å². The maximum atomic E-state index is 12.3. The number of amides is 1. The van der Waals surface area contributed by atoms with E-state index < -0.39 is 11.6 Å². The van der Waals surface area contributed by atoms with Crippen molar-refractivity contribution in [1.82, 2.24) is 4.90 Å². The number of aliphatic carboxylic acids is 1. The molecule has 0 aromatic rings. The van der Waals surface area contributed by atoms with Crippen LogP contribution in [0.15, 0.2) is 0 Å². The molecule has 0 saturated carbocycles. The van der Waals surface area contributed by atoms with Crippen LogP contribution in [0.2, 0.25) is 0 Å². The number of nitrogens with zero attached hydrogens (tertiary/aromatic N) is 1. The smallest absolute Gasteiger partial charge is 0.323 e. The highest BCUT2D eigenvalue weighted by Crippen LogP contribution is 2.28. The second-order valence-corrected chi connectivity index (χ2v) is 4.77. The van der Waals surface area contributed by atoms with Crippen LogP contribution < -0.4 is 0 Å². The maximum absolute atomic E-state index is 12.3. The molecule has 1 aliphatic heterocycles. The first-order chi connectivity index (χ1) is 7.90. The molecule has 1 heterocycles. The van der Waals surface area contributed by atoms with Crippen molar-refractivity contribution in [3.8, 4) is 0 Å². The summed E-state index contributed by atoms with van der Waals surface area (Å²) in [6.07, 6.45) is 2.25. The number of hydrogen-bond acceptors (Lipinski definition) is 3. The minimum Gasteiger partial charge on any atom is -0.480 e. The van der Waals surface area contributed by atoms with E-state index in [1.807, 2.05) is 13.8 Å². The summed E-state index contributed by atoms with van der Waals surface area (Å²) in [5.41, 5.74) is -0.834. The van der Waals surface area contributed by atoms with Crippen LogP contribution in [0, 0.1) is 0 Å². The molecule has 1 amide bonds. The van der Waals surface area contributed by atoms with Crippen LogP contribution >= 0.6 is 0 Å². The molecule has 0 radical (unpaired) electrons. The first kappa shape index (κ1) is 14.0. The van der Waals surface area contributed by atoms with Gasteiger partial charge < -0.3 is 14.7 Å². The van der Waals surface area contributed by atoms with E-state index in [2.05, 4.69) is 0 Å². The average Bonchev–Trinajstić information content (AvgIpc) is 2.72. The number of rotatable bonds is 5. The minimum atomic E-state index is -0.986. The Bertz CT molecular complexity index is 297. The molecule has 17 heavy (non-hydrogen) atoms. The Kier molecular flexibility index (Phi) is 4.51. The molecule has 2 unspecified atom stereocenters. The van der Waals surface area contributed by atoms with E-state index >= 15 is 0 Å². The van der Waals surface area contributed by atoms with E-state index in [0.29, 0.717) is 13.0 Å². The van der Waals surface area contributed by atoms with Crippen LogP contribution in [-0.4, -0.2) is 46.7 Å². The molecule has 1 N–H and O–H groups in total. The van der Waals surface area contributed by atoms with E-state index in [1.165, 1.54) is 4.90 Å². The van der Waals surface area contributed by atoms with Crippen molar-refractivity contribution < 1.29 is 19.4 Å². The number of hydrogen-bond donors (Lipinski definition) is 1. The zero-order chi connectivity index (χ0) is 13.1. The lowest BCUT2D eigenvalue weighted by atomic mass is 9.99. The topological polar surface area (TPSA) is 66.8 Å². The summed E-state index contributed by atoms with van der Waals surface area (Å²) in [4.78, 5) is 24.6. The summed E-state index contributed by atoms with van der Waals surface area (Å²) >= 11 is 0. The van der Waals surface area contributed by atoms with Crippen LogP contribution in [0.25, 0.3) is 0 Å². The van der Waals surface area contributed by atoms with Crippen molar-refractivity contribution in [3.05, 3.63) is 0 Å². The van der Waals surface area contributed by atoms with Crippen LogP contribution in [0.5, 0.6) is 0 Å². The first-order valence-electron chi connectivity index (χ1n) is 6.07. The highest BCUT2D eigenvalue weighted by atomic mass is 16.5. The Morgan fingerprint density at radius 1 is 1.53 bits per heavy atom. The van der Waals surface area contributed by atoms with Gasteiger partial charge in [0.1, 0.15) is 12.1 Å². The van der Waals surface area contributed by atoms with Gasteiger partial charge in [-0.15, -0.1) is 0 Å². The zero-order valence-electron chi connectivity index (χ0n) is 10.7. The van der Waals surface area contributed by atoms with Gasteiger partial charge in [-0.1, -0.05) is 6.92 Å². The normalized spacial score (nSPS) is 25.6. The quantitative estimate of drug-likeness (QED) is 0.789. The molecule has 2 atom stereocenters. The van der Waals surface area contributed by atoms with E-state index in [-0.39, 0.29) is 18.5 Å². The molecular weight excluding hydrogens is 222 g/mol. The van der Waals surface area contributed by atoms with Crippen LogP contribution in [-0.2, 0) is 14.3 Å². The molecule has 1 aliphatic rings. The number of carbonyl (C=O) groups excluding carboxylic acids is 1. The Balaban J connectivity index is 2.81. The van der Waals surface area contributed by atoms with Crippen molar-refractivity contribution in [2.24, 2.45) is 0 Å². The van der Waals surface area contributed by atoms with Crippen LogP contribution in [0.3, 0.4) is 0 Å². The predicted octanol–water partition coefficient (Wildman–Crippen LogP) is 1.27. The van der Waals surface area contributed by atoms with E-state index in [4.69, 9.17) is 9.84 Å². The Morgan fingerprint density at radius 3 is 2.59 bits per heavy atom. The lowest BCUT2D eigenvalue weighted by molar-refractivity contribution is -0.158. The van der Waals surface area contributed by atoms with Crippen molar-refractivity contribution >= 4 is 11.9 Å². The summed E-state index contributed by atoms with van der Waals surface area (Å²) in [6, 6.07) is -0.0837. The summed E-state index contributed by atoms with van der Waals surface area (Å²) in [5, 5.41) is 8.87. The molecule has 5 nitrogen and oxygen atoms in total. The van der Waals surface area contributed by atoms with Gasteiger partial charge in [0.2, 0.25) is 0 Å². The molecular formula is C12H21NO4. The third-order valence-corrected chi connectivity index (χ3v) is 3.36. The monoisotopic (exact) mass is 243 g/mol. The van der Waals surface area contributed by atoms with Gasteiger partial charge >= 0.3 is 5.97 Å². The van der Waals surface area contributed by atoms with Crippen molar-refractivity contribution in [2.75, 3.05) is 13.2 Å². The molecule has 0 spiro atoms. The SMILES string of the molecule is CCC(C)N(CC(=O)O)C(=O)C1(C)CCCO1. The third kappa shape index (κ3) is 3.19. The lowest BCUT2D eigenvalue weighted by Gasteiger charge is -2.33. The van der Waals surface area contributed by atoms with Gasteiger partial charge in [0.25, 0.3) is 5.91 Å². The number of carbonyl (C=O) groups is 2. The van der Waals surface area contributed by atoms with Gasteiger partial charge in [0.15, 0.2) is 0 Å². The second kappa shape index (κ2) is 5.49. The van der Waals surface area contributed by atoms with Gasteiger partial charge in [0.05, 0.1) is 0 Å². The average molecular weight is 243 g/mol. The van der Waals surface area contributed by atoms with Gasteiger partial charge in [-0.25, -0.2) is 0 Å². The van der Waals surface area contributed by atoms with Crippen molar-refractivity contribution in [1.29, 1.82) is 0 Å². The first-order valence-corrected chi connectivity index (χ1v) is 6.07. The largest absolute Gasteiger partial charge is 0.480 e. The number of carboxylic acids is 1. The van der Waals surface area contributed by atoms with E-state index in [1.54, 1.807) is 6.92 Å². The fourth-order valence-corrected chi connectivity index (χ4v) is 2.05. The lowest BCUT2D eigenvalue weighted by Crippen LogP contribution is -2.51. The number of ether oxygens (including phenoxy) is 1. The van der Waals surface area contributed by atoms with Crippen molar-refractivity contribution in [2.45, 2.75) is 51.7 Å². The molecule has 5 heteroatoms. The van der Waals surface area contributed by atoms with Crippen molar-refractivity contribution in [3.63, 3.8) is 0 Å². The van der Waals surface area contributed by atoms with Crippen LogP contribution in [0.1, 0.15) is 40.0 Å². The minimum absolute atomic E-state index is 0.0837. The molecule has 0 aliphatic carbocycles. The fraction of sp³-hybridized carbons (Fsp3) is 0.833. The third-order valence-electron chi connectivity index (χ3n) is 3.36. The molecule has 0 aromatic carbocycles. The summed E-state index contributed by atoms with van der Waals surface area (Å²) in [7, 11) is 0. The van der Waals surface area contributed by atoms with Gasteiger partial charge in [-0.2, -0.15) is 0 Å². The highest BCUT2D eigenvalue weighted by Gasteiger charge is 2.42. The molecule has 0 aromatic heterocycles. The highest BCUT2D eigenvalue weighted by molar-refractivity contribution is 5.88. The van der Waals surface area contributed by atoms with E-state index in [9.17, 15) is 9.59 Å². The van der Waals surface area contributed by atoms with E-state index in [0.717, 1.165) is 12.8 Å². The van der Waals surface area contributed by atoms with Gasteiger partial charge in [-0.05, 0) is 33.1 Å². The summed E-state index contributed by atoms with van der Waals surface area (Å²) < 4.78 is 5.48. The Morgan fingerprint density at radius 2 is 2.18 bits per heavy atom. The molecule has 98 valence electrons. The molecule has 1 rings (SSSR count). The maximum Gasteiger partial charge on any atom is 0.323 e. The summed E-state index contributed by atoms with van der Waals surface area (Å²) in [5.74, 6) is -1.19. The predicted molar refractivity (Wildman–Crippen MR) is 62.7 cm³/mol. The van der Waals surface area contributed by atoms with Gasteiger partial charge in [-0.3, -0.25) is 9.59 Å². The Labute approximate surface area is 102 Å². The second-order valence-electron chi connectivity index (χ2n) is 4.77. The zero-order valence-corrected chi connectivity index (χ0v) is 10.7. The Hall–Kier alpha value is -1.10. The standard InChI is InChI=1S/C12H21NO4/c1-4-9(2)13(8-10(14)15)11(16)12(3)6-5-7-17-12/h9H,4-8H2,1-3H3,(H,14,15). The molecule has 1 saturated heterocycles. The van der Waals surface area contributed by atoms with Gasteiger partial charge in [0, 0.05) is 12.6 Å². The summed E-state index contributed by atoms with van der Waals surface area (Å²) in [6.45, 7) is 5.86. The molecule has 0 bridgehead atoms. The number of carboxylic acid groups (broad SMARTS) is 1. The fourth-order valence-electron chi connectivity index (χ4n) is 2.05.